The van der Waals surface area contributed by atoms with Crippen LogP contribution in [0, 0.1) is 17.0 Å². The number of aryl methyl sites for hydroxylation is 2. The molecule has 2 rings (SSSR count). The van der Waals surface area contributed by atoms with Gasteiger partial charge in [-0.25, -0.2) is 0 Å². The van der Waals surface area contributed by atoms with Crippen LogP contribution in [0.1, 0.15) is 27.9 Å². The van der Waals surface area contributed by atoms with Crippen LogP contribution < -0.4 is 14.8 Å². The predicted octanol–water partition coefficient (Wildman–Crippen LogP) is 3.28. The zero-order chi connectivity index (χ0) is 19.1. The third kappa shape index (κ3) is 4.72. The van der Waals surface area contributed by atoms with E-state index in [-0.39, 0.29) is 17.2 Å². The van der Waals surface area contributed by atoms with Gasteiger partial charge in [-0.3, -0.25) is 14.9 Å². The van der Waals surface area contributed by atoms with Gasteiger partial charge in [-0.05, 0) is 43.5 Å². The Labute approximate surface area is 152 Å². The van der Waals surface area contributed by atoms with Crippen LogP contribution >= 0.6 is 0 Å². The average Bonchev–Trinajstić information content (AvgIpc) is 2.64. The normalized spacial score (nSPS) is 10.3. The smallest absolute Gasteiger partial charge is 0.273 e. The molecule has 0 radical (unpaired) electrons. The van der Waals surface area contributed by atoms with Crippen molar-refractivity contribution in [2.45, 2.75) is 19.8 Å². The molecule has 7 heteroatoms. The summed E-state index contributed by atoms with van der Waals surface area (Å²) in [7, 11) is 3.17. The molecule has 0 aliphatic heterocycles. The molecule has 7 nitrogen and oxygen atoms in total. The van der Waals surface area contributed by atoms with Crippen molar-refractivity contribution in [1.82, 2.24) is 5.32 Å². The zero-order valence-corrected chi connectivity index (χ0v) is 15.1. The van der Waals surface area contributed by atoms with Gasteiger partial charge in [0.15, 0.2) is 11.5 Å². The van der Waals surface area contributed by atoms with Crippen molar-refractivity contribution in [3.8, 4) is 11.5 Å². The molecule has 0 aliphatic rings. The molecule has 1 N–H and O–H groups in total. The summed E-state index contributed by atoms with van der Waals surface area (Å²) >= 11 is 0. The highest BCUT2D eigenvalue weighted by atomic mass is 16.6. The molecule has 0 fully saturated rings. The Morgan fingerprint density at radius 1 is 1.12 bits per heavy atom. The second kappa shape index (κ2) is 8.84. The number of nitrogens with one attached hydrogen (secondary N) is 1. The molecule has 1 amide bonds. The van der Waals surface area contributed by atoms with Gasteiger partial charge in [0.1, 0.15) is 0 Å². The number of nitro groups is 1. The van der Waals surface area contributed by atoms with Crippen LogP contribution in [0.2, 0.25) is 0 Å². The minimum atomic E-state index is -0.483. The van der Waals surface area contributed by atoms with Gasteiger partial charge in [0.2, 0.25) is 0 Å². The highest BCUT2D eigenvalue weighted by molar-refractivity contribution is 5.94. The summed E-state index contributed by atoms with van der Waals surface area (Å²) in [5.41, 5.74) is 1.83. The highest BCUT2D eigenvalue weighted by Crippen LogP contribution is 2.27. The minimum Gasteiger partial charge on any atom is -0.493 e. The fourth-order valence-electron chi connectivity index (χ4n) is 2.58. The van der Waals surface area contributed by atoms with Crippen LogP contribution in [0.15, 0.2) is 36.4 Å². The first-order chi connectivity index (χ1) is 12.5. The number of methoxy groups -OCH3 is 2. The maximum atomic E-state index is 12.2. The number of hydrogen-bond acceptors (Lipinski definition) is 5. The Balaban J connectivity index is 1.89. The van der Waals surface area contributed by atoms with Gasteiger partial charge in [-0.15, -0.1) is 0 Å². The lowest BCUT2D eigenvalue weighted by molar-refractivity contribution is -0.385. The standard InChI is InChI=1S/C19H22N2O5/c1-13-6-8-15(12-16(13)21(23)24)19(22)20-10-4-5-14-7-9-17(25-2)18(11-14)26-3/h6-9,11-12H,4-5,10H2,1-3H3,(H,20,22). The van der Waals surface area contributed by atoms with E-state index in [0.717, 1.165) is 18.4 Å². The van der Waals surface area contributed by atoms with E-state index in [2.05, 4.69) is 5.32 Å². The number of rotatable bonds is 8. The molecule has 2 aromatic carbocycles. The van der Waals surface area contributed by atoms with Crippen molar-refractivity contribution >= 4 is 11.6 Å². The SMILES string of the molecule is COc1ccc(CCCNC(=O)c2ccc(C)c([N+](=O)[O-])c2)cc1OC. The Hall–Kier alpha value is -3.09. The molecule has 0 bridgehead atoms. The Morgan fingerprint density at radius 2 is 1.85 bits per heavy atom. The zero-order valence-electron chi connectivity index (χ0n) is 15.1. The van der Waals surface area contributed by atoms with Gasteiger partial charge in [0, 0.05) is 23.7 Å². The van der Waals surface area contributed by atoms with Crippen LogP contribution in [-0.4, -0.2) is 31.6 Å². The number of benzene rings is 2. The molecule has 0 saturated carbocycles. The summed E-state index contributed by atoms with van der Waals surface area (Å²) in [6.45, 7) is 2.11. The van der Waals surface area contributed by atoms with Crippen molar-refractivity contribution < 1.29 is 19.2 Å². The van der Waals surface area contributed by atoms with Crippen LogP contribution in [0.3, 0.4) is 0 Å². The highest BCUT2D eigenvalue weighted by Gasteiger charge is 2.14. The van der Waals surface area contributed by atoms with Gasteiger partial charge in [0.05, 0.1) is 19.1 Å². The molecule has 0 saturated heterocycles. The summed E-state index contributed by atoms with van der Waals surface area (Å²) in [4.78, 5) is 22.6. The van der Waals surface area contributed by atoms with E-state index in [1.165, 1.54) is 6.07 Å². The van der Waals surface area contributed by atoms with Crippen LogP contribution in [0.4, 0.5) is 5.69 Å². The molecule has 26 heavy (non-hydrogen) atoms. The van der Waals surface area contributed by atoms with E-state index < -0.39 is 4.92 Å². The lowest BCUT2D eigenvalue weighted by Gasteiger charge is -2.10. The second-order valence-corrected chi connectivity index (χ2v) is 5.81. The van der Waals surface area contributed by atoms with Crippen molar-refractivity contribution in [2.75, 3.05) is 20.8 Å². The second-order valence-electron chi connectivity index (χ2n) is 5.81. The van der Waals surface area contributed by atoms with Crippen molar-refractivity contribution in [3.05, 3.63) is 63.2 Å². The van der Waals surface area contributed by atoms with Gasteiger partial charge < -0.3 is 14.8 Å². The number of ether oxygens (including phenoxy) is 2. The van der Waals surface area contributed by atoms with Crippen molar-refractivity contribution in [1.29, 1.82) is 0 Å². The van der Waals surface area contributed by atoms with Crippen LogP contribution in [-0.2, 0) is 6.42 Å². The fourth-order valence-corrected chi connectivity index (χ4v) is 2.58. The lowest BCUT2D eigenvalue weighted by Crippen LogP contribution is -2.24. The van der Waals surface area contributed by atoms with E-state index in [1.54, 1.807) is 33.3 Å². The van der Waals surface area contributed by atoms with E-state index in [0.29, 0.717) is 23.6 Å². The minimum absolute atomic E-state index is 0.0528. The van der Waals surface area contributed by atoms with E-state index >= 15 is 0 Å². The number of carbonyl (C=O) groups excluding carboxylic acids is 1. The molecule has 2 aromatic rings. The maximum absolute atomic E-state index is 12.2. The largest absolute Gasteiger partial charge is 0.493 e. The summed E-state index contributed by atoms with van der Waals surface area (Å²) < 4.78 is 10.5. The first-order valence-corrected chi connectivity index (χ1v) is 8.20. The third-order valence-electron chi connectivity index (χ3n) is 4.04. The quantitative estimate of drug-likeness (QED) is 0.444. The molecular formula is C19H22N2O5. The molecule has 0 heterocycles. The number of hydrogen-bond donors (Lipinski definition) is 1. The fraction of sp³-hybridized carbons (Fsp3) is 0.316. The summed E-state index contributed by atoms with van der Waals surface area (Å²) in [6.07, 6.45) is 1.49. The number of amides is 1. The predicted molar refractivity (Wildman–Crippen MR) is 98.0 cm³/mol. The molecule has 0 aliphatic carbocycles. The first-order valence-electron chi connectivity index (χ1n) is 8.20. The summed E-state index contributed by atoms with van der Waals surface area (Å²) in [6, 6.07) is 10.2. The van der Waals surface area contributed by atoms with E-state index in [1.807, 2.05) is 18.2 Å². The molecule has 0 aromatic heterocycles. The van der Waals surface area contributed by atoms with Crippen molar-refractivity contribution in [2.24, 2.45) is 0 Å². The monoisotopic (exact) mass is 358 g/mol. The average molecular weight is 358 g/mol. The van der Waals surface area contributed by atoms with Crippen molar-refractivity contribution in [3.63, 3.8) is 0 Å². The number of nitro benzene ring substituents is 1. The maximum Gasteiger partial charge on any atom is 0.273 e. The molecule has 0 unspecified atom stereocenters. The Morgan fingerprint density at radius 3 is 2.50 bits per heavy atom. The molecular weight excluding hydrogens is 336 g/mol. The van der Waals surface area contributed by atoms with Gasteiger partial charge in [-0.2, -0.15) is 0 Å². The topological polar surface area (TPSA) is 90.7 Å². The van der Waals surface area contributed by atoms with Gasteiger partial charge in [-0.1, -0.05) is 12.1 Å². The summed E-state index contributed by atoms with van der Waals surface area (Å²) in [5.74, 6) is 1.02. The summed E-state index contributed by atoms with van der Waals surface area (Å²) in [5, 5.41) is 13.8. The lowest BCUT2D eigenvalue weighted by atomic mass is 10.1. The van der Waals surface area contributed by atoms with Gasteiger partial charge >= 0.3 is 0 Å². The van der Waals surface area contributed by atoms with Crippen LogP contribution in [0.5, 0.6) is 11.5 Å². The number of nitrogens with zero attached hydrogens (tertiary/aromatic N) is 1. The Kier molecular flexibility index (Phi) is 6.54. The van der Waals surface area contributed by atoms with Crippen LogP contribution in [0.25, 0.3) is 0 Å². The number of carbonyl (C=O) groups is 1. The molecule has 0 atom stereocenters. The molecule has 0 spiro atoms. The van der Waals surface area contributed by atoms with E-state index in [9.17, 15) is 14.9 Å². The molecule has 138 valence electrons. The Bertz CT molecular complexity index is 805. The first kappa shape index (κ1) is 19.2. The third-order valence-corrected chi connectivity index (χ3v) is 4.04. The van der Waals surface area contributed by atoms with E-state index in [4.69, 9.17) is 9.47 Å². The van der Waals surface area contributed by atoms with Gasteiger partial charge in [0.25, 0.3) is 11.6 Å².